The standard InChI is InChI=1S/C16H19FN2O2/c17-13-8-11(9-18)3-4-15(13)19-6-1-2-14(19)12-10-21-7-5-16(12)20/h3-4,8,12,14,16,20H,1-2,5-7,10H2. The van der Waals surface area contributed by atoms with Gasteiger partial charge >= 0.3 is 0 Å². The van der Waals surface area contributed by atoms with E-state index in [1.54, 1.807) is 12.1 Å². The van der Waals surface area contributed by atoms with Crippen LogP contribution >= 0.6 is 0 Å². The molecule has 2 fully saturated rings. The predicted molar refractivity (Wildman–Crippen MR) is 76.4 cm³/mol. The third-order valence-corrected chi connectivity index (χ3v) is 4.54. The molecular formula is C16H19FN2O2. The smallest absolute Gasteiger partial charge is 0.147 e. The number of nitrogens with zero attached hydrogens (tertiary/aromatic N) is 2. The van der Waals surface area contributed by atoms with Crippen LogP contribution in [0, 0.1) is 23.1 Å². The van der Waals surface area contributed by atoms with Crippen LogP contribution in [0.25, 0.3) is 0 Å². The molecule has 3 rings (SSSR count). The van der Waals surface area contributed by atoms with E-state index in [2.05, 4.69) is 0 Å². The number of aliphatic hydroxyl groups excluding tert-OH is 1. The van der Waals surface area contributed by atoms with Gasteiger partial charge in [-0.1, -0.05) is 0 Å². The van der Waals surface area contributed by atoms with Crippen LogP contribution in [-0.4, -0.2) is 37.0 Å². The minimum absolute atomic E-state index is 0.0243. The SMILES string of the molecule is N#Cc1ccc(N2CCCC2C2COCCC2O)c(F)c1. The Bertz CT molecular complexity index is 558. The van der Waals surface area contributed by atoms with Crippen LogP contribution in [0.2, 0.25) is 0 Å². The molecule has 3 unspecified atom stereocenters. The quantitative estimate of drug-likeness (QED) is 0.906. The third-order valence-electron chi connectivity index (χ3n) is 4.54. The summed E-state index contributed by atoms with van der Waals surface area (Å²) in [5, 5.41) is 19.0. The molecule has 1 aromatic rings. The first-order valence-corrected chi connectivity index (χ1v) is 7.43. The summed E-state index contributed by atoms with van der Waals surface area (Å²) in [6, 6.07) is 6.63. The molecule has 0 spiro atoms. The fourth-order valence-electron chi connectivity index (χ4n) is 3.46. The van der Waals surface area contributed by atoms with Gasteiger partial charge < -0.3 is 14.7 Å². The predicted octanol–water partition coefficient (Wildman–Crippen LogP) is 2.06. The molecule has 1 aromatic carbocycles. The van der Waals surface area contributed by atoms with Crippen molar-refractivity contribution in [3.63, 3.8) is 0 Å². The van der Waals surface area contributed by atoms with Gasteiger partial charge in [-0.25, -0.2) is 4.39 Å². The first-order valence-electron chi connectivity index (χ1n) is 7.43. The van der Waals surface area contributed by atoms with Crippen LogP contribution in [0.3, 0.4) is 0 Å². The molecule has 0 bridgehead atoms. The first kappa shape index (κ1) is 14.3. The Balaban J connectivity index is 1.85. The second-order valence-corrected chi connectivity index (χ2v) is 5.78. The largest absolute Gasteiger partial charge is 0.393 e. The summed E-state index contributed by atoms with van der Waals surface area (Å²) in [6.45, 7) is 1.90. The number of halogens is 1. The van der Waals surface area contributed by atoms with Gasteiger partial charge in [-0.2, -0.15) is 5.26 Å². The molecule has 0 aliphatic carbocycles. The van der Waals surface area contributed by atoms with Crippen LogP contribution in [0.5, 0.6) is 0 Å². The van der Waals surface area contributed by atoms with E-state index in [0.29, 0.717) is 30.9 Å². The van der Waals surface area contributed by atoms with Crippen LogP contribution < -0.4 is 4.90 Å². The highest BCUT2D eigenvalue weighted by Crippen LogP contribution is 2.34. The van der Waals surface area contributed by atoms with Gasteiger partial charge in [0.15, 0.2) is 0 Å². The molecular weight excluding hydrogens is 271 g/mol. The van der Waals surface area contributed by atoms with Crippen molar-refractivity contribution in [1.29, 1.82) is 5.26 Å². The van der Waals surface area contributed by atoms with E-state index in [1.807, 2.05) is 11.0 Å². The summed E-state index contributed by atoms with van der Waals surface area (Å²) in [5.41, 5.74) is 0.849. The molecule has 3 atom stereocenters. The average molecular weight is 290 g/mol. The van der Waals surface area contributed by atoms with Crippen molar-refractivity contribution >= 4 is 5.69 Å². The molecule has 0 aromatic heterocycles. The summed E-state index contributed by atoms with van der Waals surface area (Å²) in [7, 11) is 0. The average Bonchev–Trinajstić information content (AvgIpc) is 2.96. The number of anilines is 1. The third kappa shape index (κ3) is 2.74. The zero-order valence-corrected chi connectivity index (χ0v) is 11.8. The lowest BCUT2D eigenvalue weighted by Crippen LogP contribution is -2.46. The van der Waals surface area contributed by atoms with E-state index in [4.69, 9.17) is 10.00 Å². The van der Waals surface area contributed by atoms with Gasteiger partial charge in [0.25, 0.3) is 0 Å². The number of rotatable bonds is 2. The highest BCUT2D eigenvalue weighted by atomic mass is 19.1. The van der Waals surface area contributed by atoms with E-state index in [0.717, 1.165) is 19.4 Å². The van der Waals surface area contributed by atoms with E-state index in [1.165, 1.54) is 6.07 Å². The zero-order chi connectivity index (χ0) is 14.8. The highest BCUT2D eigenvalue weighted by molar-refractivity contribution is 5.53. The number of ether oxygens (including phenoxy) is 1. The number of aliphatic hydroxyl groups is 1. The summed E-state index contributed by atoms with van der Waals surface area (Å²) < 4.78 is 19.7. The Hall–Kier alpha value is -1.64. The summed E-state index contributed by atoms with van der Waals surface area (Å²) >= 11 is 0. The number of hydrogen-bond donors (Lipinski definition) is 1. The van der Waals surface area contributed by atoms with Gasteiger partial charge in [-0.05, 0) is 37.5 Å². The van der Waals surface area contributed by atoms with Gasteiger partial charge in [0.2, 0.25) is 0 Å². The van der Waals surface area contributed by atoms with Gasteiger partial charge in [0, 0.05) is 25.1 Å². The van der Waals surface area contributed by atoms with Crippen molar-refractivity contribution in [3.05, 3.63) is 29.6 Å². The second kappa shape index (κ2) is 6.00. The van der Waals surface area contributed by atoms with Crippen LogP contribution in [0.4, 0.5) is 10.1 Å². The van der Waals surface area contributed by atoms with Gasteiger partial charge in [0.1, 0.15) is 5.82 Å². The van der Waals surface area contributed by atoms with Gasteiger partial charge in [0.05, 0.1) is 30.0 Å². The lowest BCUT2D eigenvalue weighted by molar-refractivity contribution is -0.0438. The topological polar surface area (TPSA) is 56.5 Å². The highest BCUT2D eigenvalue weighted by Gasteiger charge is 2.38. The molecule has 2 aliphatic rings. The van der Waals surface area contributed by atoms with Crippen molar-refractivity contribution in [3.8, 4) is 6.07 Å². The molecule has 21 heavy (non-hydrogen) atoms. The van der Waals surface area contributed by atoms with Crippen LogP contribution in [0.1, 0.15) is 24.8 Å². The maximum atomic E-state index is 14.2. The fourth-order valence-corrected chi connectivity index (χ4v) is 3.46. The lowest BCUT2D eigenvalue weighted by atomic mass is 9.89. The second-order valence-electron chi connectivity index (χ2n) is 5.78. The number of benzene rings is 1. The Kier molecular flexibility index (Phi) is 4.09. The van der Waals surface area contributed by atoms with Crippen LogP contribution in [-0.2, 0) is 4.74 Å². The molecule has 112 valence electrons. The zero-order valence-electron chi connectivity index (χ0n) is 11.8. The summed E-state index contributed by atoms with van der Waals surface area (Å²) in [6.07, 6.45) is 2.17. The van der Waals surface area contributed by atoms with Crippen molar-refractivity contribution < 1.29 is 14.2 Å². The molecule has 2 saturated heterocycles. The summed E-state index contributed by atoms with van der Waals surface area (Å²) in [5.74, 6) is -0.344. The van der Waals surface area contributed by atoms with E-state index < -0.39 is 0 Å². The lowest BCUT2D eigenvalue weighted by Gasteiger charge is -2.38. The molecule has 0 saturated carbocycles. The normalized spacial score (nSPS) is 29.4. The van der Waals surface area contributed by atoms with Crippen molar-refractivity contribution in [2.45, 2.75) is 31.4 Å². The van der Waals surface area contributed by atoms with Crippen molar-refractivity contribution in [1.82, 2.24) is 0 Å². The monoisotopic (exact) mass is 290 g/mol. The van der Waals surface area contributed by atoms with Crippen molar-refractivity contribution in [2.24, 2.45) is 5.92 Å². The number of nitriles is 1. The Labute approximate surface area is 123 Å². The molecule has 1 N–H and O–H groups in total. The van der Waals surface area contributed by atoms with E-state index in [9.17, 15) is 9.50 Å². The minimum Gasteiger partial charge on any atom is -0.393 e. The number of hydrogen-bond acceptors (Lipinski definition) is 4. The van der Waals surface area contributed by atoms with Crippen LogP contribution in [0.15, 0.2) is 18.2 Å². The van der Waals surface area contributed by atoms with E-state index in [-0.39, 0.29) is 23.9 Å². The molecule has 0 radical (unpaired) electrons. The maximum absolute atomic E-state index is 14.2. The molecule has 0 amide bonds. The maximum Gasteiger partial charge on any atom is 0.147 e. The fraction of sp³-hybridized carbons (Fsp3) is 0.562. The van der Waals surface area contributed by atoms with Gasteiger partial charge in [-0.3, -0.25) is 0 Å². The summed E-state index contributed by atoms with van der Waals surface area (Å²) in [4.78, 5) is 2.03. The van der Waals surface area contributed by atoms with E-state index >= 15 is 0 Å². The Morgan fingerprint density at radius 3 is 2.95 bits per heavy atom. The Morgan fingerprint density at radius 2 is 2.24 bits per heavy atom. The van der Waals surface area contributed by atoms with Crippen molar-refractivity contribution in [2.75, 3.05) is 24.7 Å². The molecule has 2 aliphatic heterocycles. The minimum atomic E-state index is -0.384. The Morgan fingerprint density at radius 1 is 1.38 bits per heavy atom. The molecule has 5 heteroatoms. The van der Waals surface area contributed by atoms with Gasteiger partial charge in [-0.15, -0.1) is 0 Å². The molecule has 2 heterocycles. The first-order chi connectivity index (χ1) is 10.2. The molecule has 4 nitrogen and oxygen atoms in total.